The van der Waals surface area contributed by atoms with E-state index in [9.17, 15) is 0 Å². The summed E-state index contributed by atoms with van der Waals surface area (Å²) in [6.45, 7) is 6.06. The molecule has 1 aliphatic heterocycles. The van der Waals surface area contributed by atoms with Crippen LogP contribution in [0.4, 0.5) is 0 Å². The second-order valence-electron chi connectivity index (χ2n) is 4.55. The van der Waals surface area contributed by atoms with Crippen LogP contribution in [0.3, 0.4) is 0 Å². The Morgan fingerprint density at radius 3 is 3.33 bits per heavy atom. The monoisotopic (exact) mass is 264 g/mol. The van der Waals surface area contributed by atoms with E-state index in [0.29, 0.717) is 11.9 Å². The molecule has 2 aromatic heterocycles. The molecule has 0 bridgehead atoms. The van der Waals surface area contributed by atoms with Crippen molar-refractivity contribution < 1.29 is 4.52 Å². The minimum atomic E-state index is 0.516. The van der Waals surface area contributed by atoms with E-state index < -0.39 is 0 Å². The van der Waals surface area contributed by atoms with Gasteiger partial charge in [0, 0.05) is 31.1 Å². The highest BCUT2D eigenvalue weighted by Gasteiger charge is 2.20. The lowest BCUT2D eigenvalue weighted by Gasteiger charge is -2.32. The van der Waals surface area contributed by atoms with E-state index in [1.54, 1.807) is 11.3 Å². The Labute approximate surface area is 110 Å². The molecule has 3 heterocycles. The number of nitrogens with one attached hydrogen (secondary N) is 1. The zero-order valence-electron chi connectivity index (χ0n) is 10.3. The second kappa shape index (κ2) is 5.17. The van der Waals surface area contributed by atoms with Gasteiger partial charge in [-0.25, -0.2) is 0 Å². The summed E-state index contributed by atoms with van der Waals surface area (Å²) in [6.07, 6.45) is 0. The smallest absolute Gasteiger partial charge is 0.258 e. The second-order valence-corrected chi connectivity index (χ2v) is 5.33. The number of thiophene rings is 1. The average molecular weight is 264 g/mol. The molecule has 1 atom stereocenters. The molecule has 18 heavy (non-hydrogen) atoms. The summed E-state index contributed by atoms with van der Waals surface area (Å²) >= 11 is 1.63. The minimum Gasteiger partial charge on any atom is -0.334 e. The van der Waals surface area contributed by atoms with Crippen molar-refractivity contribution in [2.45, 2.75) is 19.5 Å². The van der Waals surface area contributed by atoms with Crippen molar-refractivity contribution >= 4 is 11.3 Å². The molecule has 1 N–H and O–H groups in total. The maximum Gasteiger partial charge on any atom is 0.258 e. The number of hydrogen-bond acceptors (Lipinski definition) is 6. The first kappa shape index (κ1) is 11.8. The largest absolute Gasteiger partial charge is 0.334 e. The molecule has 1 aliphatic rings. The van der Waals surface area contributed by atoms with Crippen LogP contribution in [-0.2, 0) is 6.54 Å². The standard InChI is InChI=1S/C12H16N4OS/c1-9-6-13-3-4-16(9)7-11-14-12(17-15-11)10-2-5-18-8-10/h2,5,8-9,13H,3-4,6-7H2,1H3/t9-/m0/s1. The quantitative estimate of drug-likeness (QED) is 0.912. The van der Waals surface area contributed by atoms with Gasteiger partial charge < -0.3 is 9.84 Å². The highest BCUT2D eigenvalue weighted by molar-refractivity contribution is 7.08. The molecule has 0 aliphatic carbocycles. The lowest BCUT2D eigenvalue weighted by atomic mass is 10.2. The molecule has 0 radical (unpaired) electrons. The van der Waals surface area contributed by atoms with E-state index in [-0.39, 0.29) is 0 Å². The van der Waals surface area contributed by atoms with Gasteiger partial charge in [-0.15, -0.1) is 0 Å². The number of piperazine rings is 1. The first-order valence-electron chi connectivity index (χ1n) is 6.13. The molecule has 0 amide bonds. The number of aromatic nitrogens is 2. The third kappa shape index (κ3) is 2.45. The van der Waals surface area contributed by atoms with Gasteiger partial charge in [0.15, 0.2) is 5.82 Å². The predicted molar refractivity (Wildman–Crippen MR) is 70.4 cm³/mol. The van der Waals surface area contributed by atoms with Crippen LogP contribution in [0.5, 0.6) is 0 Å². The van der Waals surface area contributed by atoms with Crippen molar-refractivity contribution in [2.24, 2.45) is 0 Å². The van der Waals surface area contributed by atoms with Crippen LogP contribution in [0.2, 0.25) is 0 Å². The number of rotatable bonds is 3. The van der Waals surface area contributed by atoms with Crippen molar-refractivity contribution in [2.75, 3.05) is 19.6 Å². The van der Waals surface area contributed by atoms with Crippen molar-refractivity contribution in [3.8, 4) is 11.5 Å². The fourth-order valence-electron chi connectivity index (χ4n) is 2.12. The lowest BCUT2D eigenvalue weighted by molar-refractivity contribution is 0.160. The van der Waals surface area contributed by atoms with Crippen LogP contribution in [-0.4, -0.2) is 40.7 Å². The maximum absolute atomic E-state index is 5.29. The van der Waals surface area contributed by atoms with E-state index in [4.69, 9.17) is 4.52 Å². The van der Waals surface area contributed by atoms with Gasteiger partial charge in [-0.1, -0.05) is 5.16 Å². The first-order valence-corrected chi connectivity index (χ1v) is 7.07. The summed E-state index contributed by atoms with van der Waals surface area (Å²) in [7, 11) is 0. The van der Waals surface area contributed by atoms with Crippen LogP contribution in [0.25, 0.3) is 11.5 Å². The van der Waals surface area contributed by atoms with Crippen LogP contribution in [0, 0.1) is 0 Å². The van der Waals surface area contributed by atoms with Crippen molar-refractivity contribution in [3.63, 3.8) is 0 Å². The van der Waals surface area contributed by atoms with Crippen LogP contribution in [0.1, 0.15) is 12.7 Å². The molecular formula is C12H16N4OS. The topological polar surface area (TPSA) is 54.2 Å². The molecule has 0 aromatic carbocycles. The molecule has 2 aromatic rings. The molecule has 96 valence electrons. The Balaban J connectivity index is 1.70. The molecule has 1 saturated heterocycles. The summed E-state index contributed by atoms with van der Waals surface area (Å²) in [5, 5.41) is 11.5. The molecule has 0 saturated carbocycles. The summed E-state index contributed by atoms with van der Waals surface area (Å²) in [6, 6.07) is 2.51. The fraction of sp³-hybridized carbons (Fsp3) is 0.500. The van der Waals surface area contributed by atoms with Crippen LogP contribution in [0.15, 0.2) is 21.3 Å². The third-order valence-corrected chi connectivity index (χ3v) is 3.90. The van der Waals surface area contributed by atoms with Gasteiger partial charge in [-0.3, -0.25) is 4.90 Å². The van der Waals surface area contributed by atoms with Crippen molar-refractivity contribution in [1.82, 2.24) is 20.4 Å². The Morgan fingerprint density at radius 2 is 2.56 bits per heavy atom. The zero-order valence-corrected chi connectivity index (χ0v) is 11.1. The van der Waals surface area contributed by atoms with Gasteiger partial charge >= 0.3 is 0 Å². The molecule has 1 fully saturated rings. The highest BCUT2D eigenvalue weighted by Crippen LogP contribution is 2.20. The molecule has 0 unspecified atom stereocenters. The lowest BCUT2D eigenvalue weighted by Crippen LogP contribution is -2.49. The van der Waals surface area contributed by atoms with Gasteiger partial charge in [-0.2, -0.15) is 16.3 Å². The molecule has 0 spiro atoms. The van der Waals surface area contributed by atoms with E-state index in [0.717, 1.165) is 37.6 Å². The van der Waals surface area contributed by atoms with E-state index >= 15 is 0 Å². The summed E-state index contributed by atoms with van der Waals surface area (Å²) in [4.78, 5) is 6.82. The van der Waals surface area contributed by atoms with E-state index in [1.165, 1.54) is 0 Å². The van der Waals surface area contributed by atoms with Crippen molar-refractivity contribution in [3.05, 3.63) is 22.7 Å². The zero-order chi connectivity index (χ0) is 12.4. The average Bonchev–Trinajstić information content (AvgIpc) is 3.02. The Morgan fingerprint density at radius 1 is 1.61 bits per heavy atom. The summed E-state index contributed by atoms with van der Waals surface area (Å²) in [5.41, 5.74) is 1.01. The Kier molecular flexibility index (Phi) is 3.40. The normalized spacial score (nSPS) is 21.3. The van der Waals surface area contributed by atoms with Gasteiger partial charge in [-0.05, 0) is 18.4 Å². The van der Waals surface area contributed by atoms with E-state index in [1.807, 2.05) is 16.8 Å². The minimum absolute atomic E-state index is 0.516. The van der Waals surface area contributed by atoms with Crippen LogP contribution >= 0.6 is 11.3 Å². The summed E-state index contributed by atoms with van der Waals surface area (Å²) in [5.74, 6) is 1.39. The molecule has 5 nitrogen and oxygen atoms in total. The Hall–Kier alpha value is -1.24. The van der Waals surface area contributed by atoms with Crippen LogP contribution < -0.4 is 5.32 Å². The highest BCUT2D eigenvalue weighted by atomic mass is 32.1. The SMILES string of the molecule is C[C@H]1CNCCN1Cc1noc(-c2ccsc2)n1. The predicted octanol–water partition coefficient (Wildman–Crippen LogP) is 1.59. The first-order chi connectivity index (χ1) is 8.83. The molecular weight excluding hydrogens is 248 g/mol. The number of nitrogens with zero attached hydrogens (tertiary/aromatic N) is 3. The van der Waals surface area contributed by atoms with Gasteiger partial charge in [0.2, 0.25) is 0 Å². The van der Waals surface area contributed by atoms with E-state index in [2.05, 4.69) is 27.3 Å². The third-order valence-electron chi connectivity index (χ3n) is 3.22. The maximum atomic E-state index is 5.29. The molecule has 3 rings (SSSR count). The Bertz CT molecular complexity index is 496. The molecule has 6 heteroatoms. The van der Waals surface area contributed by atoms with Gasteiger partial charge in [0.05, 0.1) is 12.1 Å². The summed E-state index contributed by atoms with van der Waals surface area (Å²) < 4.78 is 5.29. The number of hydrogen-bond donors (Lipinski definition) is 1. The van der Waals surface area contributed by atoms with Gasteiger partial charge in [0.25, 0.3) is 5.89 Å². The van der Waals surface area contributed by atoms with Gasteiger partial charge in [0.1, 0.15) is 0 Å². The fourth-order valence-corrected chi connectivity index (χ4v) is 2.75. The van der Waals surface area contributed by atoms with Crippen molar-refractivity contribution in [1.29, 1.82) is 0 Å².